The topological polar surface area (TPSA) is 25.8 Å². The Morgan fingerprint density at radius 2 is 1.52 bits per heavy atom. The van der Waals surface area contributed by atoms with Crippen molar-refractivity contribution in [2.75, 3.05) is 0 Å². The average molecular weight is 322 g/mol. The second kappa shape index (κ2) is 5.00. The third kappa shape index (κ3) is 2.04. The molecule has 1 aromatic heterocycles. The van der Waals surface area contributed by atoms with E-state index in [-0.39, 0.29) is 5.41 Å². The molecule has 0 saturated heterocycles. The van der Waals surface area contributed by atoms with Crippen LogP contribution in [0.5, 0.6) is 0 Å². The number of fused-ring (bicyclic) bond motifs is 4. The summed E-state index contributed by atoms with van der Waals surface area (Å²) in [5.41, 5.74) is 7.47. The average Bonchev–Trinajstić information content (AvgIpc) is 2.89. The van der Waals surface area contributed by atoms with Crippen LogP contribution in [0.25, 0.3) is 33.4 Å². The van der Waals surface area contributed by atoms with Crippen molar-refractivity contribution in [3.05, 3.63) is 84.1 Å². The van der Waals surface area contributed by atoms with Crippen LogP contribution in [-0.2, 0) is 5.41 Å². The van der Waals surface area contributed by atoms with Crippen molar-refractivity contribution in [1.82, 2.24) is 9.97 Å². The molecule has 3 aromatic carbocycles. The number of hydrogen-bond acceptors (Lipinski definition) is 2. The molecule has 1 heterocycles. The molecule has 4 aromatic rings. The first-order valence-electron chi connectivity index (χ1n) is 8.61. The van der Waals surface area contributed by atoms with Crippen molar-refractivity contribution in [1.29, 1.82) is 0 Å². The van der Waals surface area contributed by atoms with Crippen LogP contribution in [0.4, 0.5) is 0 Å². The summed E-state index contributed by atoms with van der Waals surface area (Å²) in [6.45, 7) is 4.59. The number of nitrogens with zero attached hydrogens (tertiary/aromatic N) is 2. The minimum absolute atomic E-state index is 0.0364. The Labute approximate surface area is 147 Å². The van der Waals surface area contributed by atoms with Crippen LogP contribution in [-0.4, -0.2) is 9.97 Å². The van der Waals surface area contributed by atoms with Gasteiger partial charge in [-0.15, -0.1) is 0 Å². The number of para-hydroxylation sites is 1. The molecule has 1 aliphatic carbocycles. The molecule has 2 heteroatoms. The van der Waals surface area contributed by atoms with E-state index in [1.165, 1.54) is 22.3 Å². The van der Waals surface area contributed by atoms with Gasteiger partial charge in [-0.25, -0.2) is 9.97 Å². The first-order chi connectivity index (χ1) is 12.1. The van der Waals surface area contributed by atoms with E-state index in [0.29, 0.717) is 0 Å². The fraction of sp³-hybridized carbons (Fsp3) is 0.130. The second-order valence-corrected chi connectivity index (χ2v) is 7.18. The van der Waals surface area contributed by atoms with Crippen LogP contribution in [0, 0.1) is 0 Å². The molecule has 0 bridgehead atoms. The van der Waals surface area contributed by atoms with Crippen LogP contribution in [0.2, 0.25) is 0 Å². The van der Waals surface area contributed by atoms with Crippen molar-refractivity contribution in [3.8, 4) is 22.5 Å². The Bertz CT molecular complexity index is 1130. The molecule has 2 nitrogen and oxygen atoms in total. The highest BCUT2D eigenvalue weighted by atomic mass is 14.9. The Balaban J connectivity index is 1.71. The summed E-state index contributed by atoms with van der Waals surface area (Å²) in [5.74, 6) is 0.781. The maximum absolute atomic E-state index is 4.75. The molecule has 0 unspecified atom stereocenters. The van der Waals surface area contributed by atoms with Gasteiger partial charge in [0.15, 0.2) is 5.82 Å². The van der Waals surface area contributed by atoms with Gasteiger partial charge in [0, 0.05) is 22.6 Å². The monoisotopic (exact) mass is 322 g/mol. The lowest BCUT2D eigenvalue weighted by molar-refractivity contribution is 0.660. The fourth-order valence-corrected chi connectivity index (χ4v) is 3.97. The smallest absolute Gasteiger partial charge is 0.159 e. The SMILES string of the molecule is CC1(C)c2ccccc2-c2cc(-c3ncc4ccccc4n3)ccc21. The van der Waals surface area contributed by atoms with Gasteiger partial charge in [-0.3, -0.25) is 0 Å². The van der Waals surface area contributed by atoms with E-state index in [1.54, 1.807) is 0 Å². The van der Waals surface area contributed by atoms with E-state index in [9.17, 15) is 0 Å². The van der Waals surface area contributed by atoms with E-state index in [0.717, 1.165) is 22.3 Å². The minimum Gasteiger partial charge on any atom is -0.236 e. The summed E-state index contributed by atoms with van der Waals surface area (Å²) >= 11 is 0. The van der Waals surface area contributed by atoms with Crippen molar-refractivity contribution >= 4 is 10.9 Å². The Kier molecular flexibility index (Phi) is 2.87. The van der Waals surface area contributed by atoms with Crippen LogP contribution in [0.15, 0.2) is 72.9 Å². The van der Waals surface area contributed by atoms with Crippen LogP contribution in [0.1, 0.15) is 25.0 Å². The summed E-state index contributed by atoms with van der Waals surface area (Å²) in [7, 11) is 0. The zero-order chi connectivity index (χ0) is 17.0. The minimum atomic E-state index is 0.0364. The Morgan fingerprint density at radius 3 is 2.44 bits per heavy atom. The van der Waals surface area contributed by atoms with E-state index in [1.807, 2.05) is 30.5 Å². The normalized spacial score (nSPS) is 14.3. The van der Waals surface area contributed by atoms with Gasteiger partial charge in [-0.1, -0.05) is 68.4 Å². The van der Waals surface area contributed by atoms with Crippen LogP contribution < -0.4 is 0 Å². The first-order valence-corrected chi connectivity index (χ1v) is 8.61. The predicted octanol–water partition coefficient (Wildman–Crippen LogP) is 5.60. The molecular weight excluding hydrogens is 304 g/mol. The van der Waals surface area contributed by atoms with Gasteiger partial charge in [0.2, 0.25) is 0 Å². The molecule has 0 atom stereocenters. The molecule has 0 fully saturated rings. The Morgan fingerprint density at radius 1 is 0.760 bits per heavy atom. The lowest BCUT2D eigenvalue weighted by atomic mass is 9.82. The number of hydrogen-bond donors (Lipinski definition) is 0. The molecule has 1 aliphatic rings. The summed E-state index contributed by atoms with van der Waals surface area (Å²) in [4.78, 5) is 9.34. The van der Waals surface area contributed by atoms with Crippen LogP contribution in [0.3, 0.4) is 0 Å². The highest BCUT2D eigenvalue weighted by Crippen LogP contribution is 2.49. The molecule has 0 saturated carbocycles. The van der Waals surface area contributed by atoms with E-state index < -0.39 is 0 Å². The van der Waals surface area contributed by atoms with Gasteiger partial charge in [0.05, 0.1) is 5.52 Å². The maximum Gasteiger partial charge on any atom is 0.159 e. The van der Waals surface area contributed by atoms with Gasteiger partial charge in [0.25, 0.3) is 0 Å². The number of benzene rings is 3. The second-order valence-electron chi connectivity index (χ2n) is 7.18. The fourth-order valence-electron chi connectivity index (χ4n) is 3.97. The predicted molar refractivity (Wildman–Crippen MR) is 103 cm³/mol. The third-order valence-corrected chi connectivity index (χ3v) is 5.33. The Hall–Kier alpha value is -3.00. The molecular formula is C23H18N2. The molecule has 0 N–H and O–H groups in total. The van der Waals surface area contributed by atoms with Gasteiger partial charge < -0.3 is 0 Å². The van der Waals surface area contributed by atoms with Crippen molar-refractivity contribution in [2.45, 2.75) is 19.3 Å². The highest BCUT2D eigenvalue weighted by molar-refractivity contribution is 5.84. The number of aromatic nitrogens is 2. The summed E-state index contributed by atoms with van der Waals surface area (Å²) in [6.07, 6.45) is 1.91. The van der Waals surface area contributed by atoms with E-state index in [2.05, 4.69) is 61.3 Å². The van der Waals surface area contributed by atoms with Gasteiger partial charge >= 0.3 is 0 Å². The number of rotatable bonds is 1. The van der Waals surface area contributed by atoms with Crippen molar-refractivity contribution in [2.24, 2.45) is 0 Å². The lowest BCUT2D eigenvalue weighted by Gasteiger charge is -2.21. The molecule has 25 heavy (non-hydrogen) atoms. The molecule has 0 aliphatic heterocycles. The van der Waals surface area contributed by atoms with Crippen molar-refractivity contribution in [3.63, 3.8) is 0 Å². The zero-order valence-corrected chi connectivity index (χ0v) is 14.3. The lowest BCUT2D eigenvalue weighted by Crippen LogP contribution is -2.14. The molecule has 0 spiro atoms. The molecule has 5 rings (SSSR count). The molecule has 0 radical (unpaired) electrons. The third-order valence-electron chi connectivity index (χ3n) is 5.33. The summed E-state index contributed by atoms with van der Waals surface area (Å²) < 4.78 is 0. The van der Waals surface area contributed by atoms with Gasteiger partial charge in [0.1, 0.15) is 0 Å². The van der Waals surface area contributed by atoms with E-state index in [4.69, 9.17) is 4.98 Å². The largest absolute Gasteiger partial charge is 0.236 e. The van der Waals surface area contributed by atoms with Crippen LogP contribution >= 0.6 is 0 Å². The molecule has 0 amide bonds. The van der Waals surface area contributed by atoms with Gasteiger partial charge in [-0.2, -0.15) is 0 Å². The van der Waals surface area contributed by atoms with E-state index >= 15 is 0 Å². The summed E-state index contributed by atoms with van der Waals surface area (Å²) in [5, 5.41) is 1.07. The molecule has 120 valence electrons. The zero-order valence-electron chi connectivity index (χ0n) is 14.3. The first kappa shape index (κ1) is 14.4. The quantitative estimate of drug-likeness (QED) is 0.455. The highest BCUT2D eigenvalue weighted by Gasteiger charge is 2.35. The summed E-state index contributed by atoms with van der Waals surface area (Å²) in [6, 6.07) is 23.4. The van der Waals surface area contributed by atoms with Crippen molar-refractivity contribution < 1.29 is 0 Å². The van der Waals surface area contributed by atoms with Gasteiger partial charge in [-0.05, 0) is 34.4 Å². The maximum atomic E-state index is 4.75. The standard InChI is InChI=1S/C23H18N2/c1-23(2)19-9-5-4-8-17(19)18-13-15(11-12-20(18)23)22-24-14-16-7-3-6-10-21(16)25-22/h3-14H,1-2H3.